The molecule has 1 aromatic carbocycles. The maximum Gasteiger partial charge on any atom is 0.393 e. The molecule has 0 aliphatic carbocycles. The van der Waals surface area contributed by atoms with Crippen LogP contribution in [-0.4, -0.2) is 19.3 Å². The number of methoxy groups -OCH3 is 1. The predicted octanol–water partition coefficient (Wildman–Crippen LogP) is 3.18. The van der Waals surface area contributed by atoms with E-state index in [0.29, 0.717) is 11.3 Å². The van der Waals surface area contributed by atoms with Crippen molar-refractivity contribution in [3.05, 3.63) is 29.8 Å². The summed E-state index contributed by atoms with van der Waals surface area (Å²) in [4.78, 5) is 11.2. The minimum atomic E-state index is -4.40. The number of carbonyl (C=O) groups excluding carboxylic acids is 1. The highest BCUT2D eigenvalue weighted by atomic mass is 19.4. The largest absolute Gasteiger partial charge is 0.497 e. The second-order valence-electron chi connectivity index (χ2n) is 4.49. The minimum Gasteiger partial charge on any atom is -0.497 e. The molecule has 1 aromatic rings. The summed E-state index contributed by atoms with van der Waals surface area (Å²) in [6.07, 6.45) is -5.53. The van der Waals surface area contributed by atoms with Crippen LogP contribution >= 0.6 is 0 Å². The molecule has 19 heavy (non-hydrogen) atoms. The third-order valence-corrected chi connectivity index (χ3v) is 3.14. The Hall–Kier alpha value is -1.72. The van der Waals surface area contributed by atoms with Crippen LogP contribution in [0.5, 0.6) is 5.75 Å². The van der Waals surface area contributed by atoms with Crippen molar-refractivity contribution >= 4 is 5.97 Å². The fourth-order valence-electron chi connectivity index (χ4n) is 2.27. The molecule has 0 unspecified atom stereocenters. The van der Waals surface area contributed by atoms with Crippen molar-refractivity contribution in [1.82, 2.24) is 0 Å². The molecule has 0 radical (unpaired) electrons. The van der Waals surface area contributed by atoms with E-state index < -0.39 is 24.2 Å². The Kier molecular flexibility index (Phi) is 3.43. The van der Waals surface area contributed by atoms with Crippen LogP contribution in [0.2, 0.25) is 0 Å². The molecule has 2 rings (SSSR count). The monoisotopic (exact) mass is 274 g/mol. The van der Waals surface area contributed by atoms with Crippen LogP contribution in [0.1, 0.15) is 24.8 Å². The Labute approximate surface area is 108 Å². The van der Waals surface area contributed by atoms with Gasteiger partial charge in [0.15, 0.2) is 0 Å². The maximum absolute atomic E-state index is 12.7. The molecule has 3 nitrogen and oxygen atoms in total. The standard InChI is InChI=1S/C13H13F3O3/c1-18-10-4-2-9(3-5-10)12(8-13(14,15)16)7-6-11(17)19-12/h2-5H,6-8H2,1H3/t12-/m1/s1. The number of benzene rings is 1. The lowest BCUT2D eigenvalue weighted by molar-refractivity contribution is -0.187. The SMILES string of the molecule is COc1ccc([C@]2(CC(F)(F)F)CCC(=O)O2)cc1. The van der Waals surface area contributed by atoms with Gasteiger partial charge in [-0.1, -0.05) is 12.1 Å². The van der Waals surface area contributed by atoms with Crippen LogP contribution in [0.25, 0.3) is 0 Å². The lowest BCUT2D eigenvalue weighted by atomic mass is 9.87. The normalized spacial score (nSPS) is 23.3. The summed E-state index contributed by atoms with van der Waals surface area (Å²) in [6, 6.07) is 6.12. The highest BCUT2D eigenvalue weighted by Crippen LogP contribution is 2.45. The quantitative estimate of drug-likeness (QED) is 0.794. The van der Waals surface area contributed by atoms with E-state index in [1.54, 1.807) is 12.1 Å². The second kappa shape index (κ2) is 4.75. The average molecular weight is 274 g/mol. The molecule has 1 fully saturated rings. The smallest absolute Gasteiger partial charge is 0.393 e. The molecule has 0 aromatic heterocycles. The van der Waals surface area contributed by atoms with Crippen molar-refractivity contribution in [1.29, 1.82) is 0 Å². The third kappa shape index (κ3) is 3.00. The molecule has 1 heterocycles. The van der Waals surface area contributed by atoms with Gasteiger partial charge in [-0.2, -0.15) is 13.2 Å². The van der Waals surface area contributed by atoms with E-state index in [1.807, 2.05) is 0 Å². The molecule has 1 saturated heterocycles. The summed E-state index contributed by atoms with van der Waals surface area (Å²) < 4.78 is 48.0. The van der Waals surface area contributed by atoms with E-state index in [0.717, 1.165) is 0 Å². The van der Waals surface area contributed by atoms with Crippen LogP contribution in [-0.2, 0) is 15.1 Å². The van der Waals surface area contributed by atoms with Crippen molar-refractivity contribution in [2.75, 3.05) is 7.11 Å². The number of hydrogen-bond acceptors (Lipinski definition) is 3. The first-order chi connectivity index (χ1) is 8.85. The average Bonchev–Trinajstić information content (AvgIpc) is 2.69. The van der Waals surface area contributed by atoms with Crippen molar-refractivity contribution in [3.63, 3.8) is 0 Å². The number of halogens is 3. The van der Waals surface area contributed by atoms with E-state index in [2.05, 4.69) is 0 Å². The van der Waals surface area contributed by atoms with Crippen molar-refractivity contribution in [2.24, 2.45) is 0 Å². The zero-order valence-corrected chi connectivity index (χ0v) is 10.3. The van der Waals surface area contributed by atoms with Gasteiger partial charge < -0.3 is 9.47 Å². The van der Waals surface area contributed by atoms with E-state index in [-0.39, 0.29) is 12.8 Å². The molecule has 0 saturated carbocycles. The van der Waals surface area contributed by atoms with Gasteiger partial charge in [-0.3, -0.25) is 4.79 Å². The lowest BCUT2D eigenvalue weighted by Crippen LogP contribution is -2.32. The predicted molar refractivity (Wildman–Crippen MR) is 60.7 cm³/mol. The summed E-state index contributed by atoms with van der Waals surface area (Å²) in [5.41, 5.74) is -1.25. The first-order valence-corrected chi connectivity index (χ1v) is 5.78. The molecular weight excluding hydrogens is 261 g/mol. The highest BCUT2D eigenvalue weighted by molar-refractivity contribution is 5.72. The summed E-state index contributed by atoms with van der Waals surface area (Å²) in [6.45, 7) is 0. The number of ether oxygens (including phenoxy) is 2. The third-order valence-electron chi connectivity index (χ3n) is 3.14. The van der Waals surface area contributed by atoms with Gasteiger partial charge in [0.05, 0.1) is 13.5 Å². The molecule has 104 valence electrons. The van der Waals surface area contributed by atoms with Gasteiger partial charge in [0.1, 0.15) is 11.4 Å². The van der Waals surface area contributed by atoms with Crippen LogP contribution < -0.4 is 4.74 Å². The summed E-state index contributed by atoms with van der Waals surface area (Å²) in [5.74, 6) is -0.0599. The Morgan fingerprint density at radius 1 is 1.32 bits per heavy atom. The molecule has 6 heteroatoms. The molecule has 1 aliphatic heterocycles. The van der Waals surface area contributed by atoms with E-state index in [9.17, 15) is 18.0 Å². The second-order valence-corrected chi connectivity index (χ2v) is 4.49. The van der Waals surface area contributed by atoms with Crippen molar-refractivity contribution < 1.29 is 27.4 Å². The summed E-state index contributed by atoms with van der Waals surface area (Å²) in [7, 11) is 1.47. The van der Waals surface area contributed by atoms with Crippen LogP contribution in [0.15, 0.2) is 24.3 Å². The lowest BCUT2D eigenvalue weighted by Gasteiger charge is -2.29. The number of rotatable bonds is 3. The topological polar surface area (TPSA) is 35.5 Å². The van der Waals surface area contributed by atoms with Crippen molar-refractivity contribution in [3.8, 4) is 5.75 Å². The molecule has 0 N–H and O–H groups in total. The Balaban J connectivity index is 2.34. The number of esters is 1. The molecule has 1 atom stereocenters. The number of carbonyl (C=O) groups is 1. The van der Waals surface area contributed by atoms with Gasteiger partial charge in [0.25, 0.3) is 0 Å². The number of hydrogen-bond donors (Lipinski definition) is 0. The van der Waals surface area contributed by atoms with Gasteiger partial charge in [0, 0.05) is 12.8 Å². The zero-order chi connectivity index (χ0) is 14.1. The molecular formula is C13H13F3O3. The fraction of sp³-hybridized carbons (Fsp3) is 0.462. The van der Waals surface area contributed by atoms with Gasteiger partial charge in [-0.25, -0.2) is 0 Å². The Bertz CT molecular complexity index is 467. The van der Waals surface area contributed by atoms with Crippen LogP contribution in [0.4, 0.5) is 13.2 Å². The van der Waals surface area contributed by atoms with E-state index >= 15 is 0 Å². The molecule has 0 amide bonds. The van der Waals surface area contributed by atoms with Crippen LogP contribution in [0.3, 0.4) is 0 Å². The maximum atomic E-state index is 12.7. The van der Waals surface area contributed by atoms with E-state index in [4.69, 9.17) is 9.47 Å². The van der Waals surface area contributed by atoms with Crippen molar-refractivity contribution in [2.45, 2.75) is 31.0 Å². The summed E-state index contributed by atoms with van der Waals surface area (Å²) >= 11 is 0. The Morgan fingerprint density at radius 2 is 1.95 bits per heavy atom. The molecule has 1 aliphatic rings. The zero-order valence-electron chi connectivity index (χ0n) is 10.3. The van der Waals surface area contributed by atoms with Gasteiger partial charge in [-0.15, -0.1) is 0 Å². The highest BCUT2D eigenvalue weighted by Gasteiger charge is 2.49. The van der Waals surface area contributed by atoms with Gasteiger partial charge in [0.2, 0.25) is 0 Å². The summed E-state index contributed by atoms with van der Waals surface area (Å²) in [5, 5.41) is 0. The molecule has 0 bridgehead atoms. The van der Waals surface area contributed by atoms with Crippen LogP contribution in [0, 0.1) is 0 Å². The Morgan fingerprint density at radius 3 is 2.37 bits per heavy atom. The minimum absolute atomic E-state index is 0.00209. The van der Waals surface area contributed by atoms with E-state index in [1.165, 1.54) is 19.2 Å². The first kappa shape index (κ1) is 13.7. The van der Waals surface area contributed by atoms with Gasteiger partial charge in [-0.05, 0) is 17.7 Å². The number of cyclic esters (lactones) is 1. The van der Waals surface area contributed by atoms with Gasteiger partial charge >= 0.3 is 12.1 Å². The fourth-order valence-corrected chi connectivity index (χ4v) is 2.27. The number of alkyl halides is 3. The first-order valence-electron chi connectivity index (χ1n) is 5.78. The molecule has 0 spiro atoms.